The SMILES string of the molecule is CCc1c(OC(=O)C2CCC2)cc(OCC(F)(F)F)c(I)c1Cl. The van der Waals surface area contributed by atoms with Gasteiger partial charge in [-0.25, -0.2) is 0 Å². The quantitative estimate of drug-likeness (QED) is 0.345. The smallest absolute Gasteiger partial charge is 0.422 e. The van der Waals surface area contributed by atoms with Crippen molar-refractivity contribution in [2.45, 2.75) is 38.8 Å². The van der Waals surface area contributed by atoms with Crippen molar-refractivity contribution in [1.29, 1.82) is 0 Å². The minimum atomic E-state index is -4.46. The summed E-state index contributed by atoms with van der Waals surface area (Å²) in [7, 11) is 0. The van der Waals surface area contributed by atoms with Crippen LogP contribution in [0, 0.1) is 9.49 Å². The van der Waals surface area contributed by atoms with Gasteiger partial charge in [0, 0.05) is 11.6 Å². The molecule has 0 saturated heterocycles. The van der Waals surface area contributed by atoms with Gasteiger partial charge in [0.1, 0.15) is 11.5 Å². The summed E-state index contributed by atoms with van der Waals surface area (Å²) in [5.41, 5.74) is 0.586. The van der Waals surface area contributed by atoms with E-state index in [1.54, 1.807) is 0 Å². The first-order chi connectivity index (χ1) is 10.7. The molecule has 1 aliphatic carbocycles. The molecule has 0 heterocycles. The van der Waals surface area contributed by atoms with E-state index < -0.39 is 12.8 Å². The van der Waals surface area contributed by atoms with E-state index in [-0.39, 0.29) is 28.4 Å². The van der Waals surface area contributed by atoms with Crippen molar-refractivity contribution in [3.8, 4) is 11.5 Å². The summed E-state index contributed by atoms with van der Waals surface area (Å²) in [4.78, 5) is 12.0. The molecule has 0 N–H and O–H groups in total. The molecule has 0 amide bonds. The zero-order valence-electron chi connectivity index (χ0n) is 12.3. The molecule has 23 heavy (non-hydrogen) atoms. The largest absolute Gasteiger partial charge is 0.483 e. The van der Waals surface area contributed by atoms with E-state index in [4.69, 9.17) is 21.1 Å². The molecule has 3 nitrogen and oxygen atoms in total. The standard InChI is InChI=1S/C15H15ClF3IO3/c1-2-9-10(23-14(21)8-4-3-5-8)6-11(13(20)12(9)16)22-7-15(17,18)19/h6,8H,2-5,7H2,1H3. The zero-order valence-corrected chi connectivity index (χ0v) is 15.2. The number of alkyl halides is 3. The Hall–Kier alpha value is -0.700. The fourth-order valence-corrected chi connectivity index (χ4v) is 3.10. The topological polar surface area (TPSA) is 35.5 Å². The first-order valence-electron chi connectivity index (χ1n) is 7.15. The van der Waals surface area contributed by atoms with E-state index in [1.165, 1.54) is 6.07 Å². The molecule has 0 aromatic heterocycles. The monoisotopic (exact) mass is 462 g/mol. The van der Waals surface area contributed by atoms with Gasteiger partial charge >= 0.3 is 12.1 Å². The van der Waals surface area contributed by atoms with Crippen LogP contribution in [0.2, 0.25) is 5.02 Å². The van der Waals surface area contributed by atoms with Gasteiger partial charge in [-0.15, -0.1) is 0 Å². The maximum absolute atomic E-state index is 12.3. The van der Waals surface area contributed by atoms with Gasteiger partial charge < -0.3 is 9.47 Å². The van der Waals surface area contributed by atoms with E-state index in [0.29, 0.717) is 15.6 Å². The fraction of sp³-hybridized carbons (Fsp3) is 0.533. The van der Waals surface area contributed by atoms with E-state index in [2.05, 4.69) is 0 Å². The maximum atomic E-state index is 12.3. The number of carbonyl (C=O) groups excluding carboxylic acids is 1. The van der Waals surface area contributed by atoms with E-state index >= 15 is 0 Å². The molecule has 8 heteroatoms. The molecule has 0 atom stereocenters. The highest BCUT2D eigenvalue weighted by Crippen LogP contribution is 2.40. The second-order valence-electron chi connectivity index (χ2n) is 5.29. The Kier molecular flexibility index (Phi) is 6.05. The van der Waals surface area contributed by atoms with Gasteiger partial charge in [0.2, 0.25) is 0 Å². The summed E-state index contributed by atoms with van der Waals surface area (Å²) in [6.45, 7) is 0.398. The van der Waals surface area contributed by atoms with Gasteiger partial charge in [-0.2, -0.15) is 13.2 Å². The third kappa shape index (κ3) is 4.65. The molecule has 1 saturated carbocycles. The summed E-state index contributed by atoms with van der Waals surface area (Å²) in [6.07, 6.45) is -1.44. The average molecular weight is 463 g/mol. The van der Waals surface area contributed by atoms with Crippen LogP contribution >= 0.6 is 34.2 Å². The lowest BCUT2D eigenvalue weighted by Gasteiger charge is -2.24. The van der Waals surface area contributed by atoms with E-state index in [0.717, 1.165) is 19.3 Å². The third-order valence-corrected chi connectivity index (χ3v) is 5.43. The molecule has 1 aromatic carbocycles. The number of rotatable bonds is 5. The van der Waals surface area contributed by atoms with Crippen molar-refractivity contribution in [2.75, 3.05) is 6.61 Å². The summed E-state index contributed by atoms with van der Waals surface area (Å²) >= 11 is 8.03. The van der Waals surface area contributed by atoms with Crippen LogP contribution < -0.4 is 9.47 Å². The summed E-state index contributed by atoms with van der Waals surface area (Å²) < 4.78 is 47.6. The number of benzene rings is 1. The minimum absolute atomic E-state index is 0.0402. The molecule has 128 valence electrons. The molecule has 1 aromatic rings. The Morgan fingerprint density at radius 3 is 2.52 bits per heavy atom. The Balaban J connectivity index is 2.27. The van der Waals surface area contributed by atoms with Gasteiger partial charge in [0.25, 0.3) is 0 Å². The molecule has 0 unspecified atom stereocenters. The molecule has 1 fully saturated rings. The highest BCUT2D eigenvalue weighted by atomic mass is 127. The van der Waals surface area contributed by atoms with Crippen molar-refractivity contribution >= 4 is 40.2 Å². The van der Waals surface area contributed by atoms with Crippen molar-refractivity contribution < 1.29 is 27.4 Å². The third-order valence-electron chi connectivity index (χ3n) is 3.63. The van der Waals surface area contributed by atoms with E-state index in [9.17, 15) is 18.0 Å². The predicted molar refractivity (Wildman–Crippen MR) is 88.1 cm³/mol. The minimum Gasteiger partial charge on any atom is -0.483 e. The molecule has 2 rings (SSSR count). The summed E-state index contributed by atoms with van der Waals surface area (Å²) in [6, 6.07) is 1.31. The van der Waals surface area contributed by atoms with Crippen LogP contribution in [0.1, 0.15) is 31.7 Å². The molecule has 0 spiro atoms. The highest BCUT2D eigenvalue weighted by Gasteiger charge is 2.31. The lowest BCUT2D eigenvalue weighted by Crippen LogP contribution is -2.26. The first-order valence-corrected chi connectivity index (χ1v) is 8.60. The lowest BCUT2D eigenvalue weighted by atomic mass is 9.86. The van der Waals surface area contributed by atoms with Crippen molar-refractivity contribution in [1.82, 2.24) is 0 Å². The summed E-state index contributed by atoms with van der Waals surface area (Å²) in [5, 5.41) is 0.254. The second kappa shape index (κ2) is 7.46. The molecule has 1 aliphatic rings. The molecule has 0 bridgehead atoms. The number of esters is 1. The van der Waals surface area contributed by atoms with Gasteiger partial charge in [0.15, 0.2) is 6.61 Å². The van der Waals surface area contributed by atoms with Crippen LogP contribution in [0.4, 0.5) is 13.2 Å². The number of halogens is 5. The van der Waals surface area contributed by atoms with Crippen LogP contribution in [0.5, 0.6) is 11.5 Å². The molecule has 0 aliphatic heterocycles. The van der Waals surface area contributed by atoms with E-state index in [1.807, 2.05) is 29.5 Å². The Morgan fingerprint density at radius 2 is 2.04 bits per heavy atom. The Morgan fingerprint density at radius 1 is 1.39 bits per heavy atom. The van der Waals surface area contributed by atoms with Gasteiger partial charge in [-0.05, 0) is 41.9 Å². The predicted octanol–water partition coefficient (Wildman–Crippen LogP) is 5.15. The van der Waals surface area contributed by atoms with Crippen molar-refractivity contribution in [2.24, 2.45) is 5.92 Å². The second-order valence-corrected chi connectivity index (χ2v) is 6.74. The normalized spacial score (nSPS) is 15.2. The first kappa shape index (κ1) is 18.6. The number of carbonyl (C=O) groups is 1. The van der Waals surface area contributed by atoms with Crippen molar-refractivity contribution in [3.63, 3.8) is 0 Å². The van der Waals surface area contributed by atoms with Crippen LogP contribution in [0.15, 0.2) is 6.07 Å². The number of ether oxygens (including phenoxy) is 2. The molecular formula is C15H15ClF3IO3. The average Bonchev–Trinajstić information content (AvgIpc) is 2.38. The van der Waals surface area contributed by atoms with Crippen LogP contribution in [0.25, 0.3) is 0 Å². The molecule has 0 radical (unpaired) electrons. The lowest BCUT2D eigenvalue weighted by molar-refractivity contribution is -0.153. The van der Waals surface area contributed by atoms with Crippen molar-refractivity contribution in [3.05, 3.63) is 20.2 Å². The zero-order chi connectivity index (χ0) is 17.2. The van der Waals surface area contributed by atoms with Crippen LogP contribution in [-0.4, -0.2) is 18.8 Å². The van der Waals surface area contributed by atoms with Gasteiger partial charge in [-0.1, -0.05) is 24.9 Å². The number of hydrogen-bond acceptors (Lipinski definition) is 3. The number of hydrogen-bond donors (Lipinski definition) is 0. The molecular weight excluding hydrogens is 448 g/mol. The summed E-state index contributed by atoms with van der Waals surface area (Å²) in [5.74, 6) is -0.379. The Labute approximate surface area is 150 Å². The van der Waals surface area contributed by atoms with Gasteiger partial charge in [0.05, 0.1) is 14.5 Å². The van der Waals surface area contributed by atoms with Crippen LogP contribution in [0.3, 0.4) is 0 Å². The van der Waals surface area contributed by atoms with Crippen LogP contribution in [-0.2, 0) is 11.2 Å². The Bertz CT molecular complexity index is 601. The maximum Gasteiger partial charge on any atom is 0.422 e. The highest BCUT2D eigenvalue weighted by molar-refractivity contribution is 14.1. The van der Waals surface area contributed by atoms with Gasteiger partial charge in [-0.3, -0.25) is 4.79 Å². The fourth-order valence-electron chi connectivity index (χ4n) is 2.14.